The molecule has 0 saturated heterocycles. The van der Waals surface area contributed by atoms with Gasteiger partial charge in [-0.05, 0) is 142 Å². The van der Waals surface area contributed by atoms with Crippen LogP contribution in [0.3, 0.4) is 0 Å². The van der Waals surface area contributed by atoms with E-state index in [-0.39, 0.29) is 90.7 Å². The molecule has 2 unspecified atom stereocenters. The first-order valence-corrected chi connectivity index (χ1v) is 134. The minimum Gasteiger partial charge on any atom is -0.417 e. The molecule has 8 nitrogen and oxygen atoms in total. The second-order valence-electron chi connectivity index (χ2n) is 27.2. The summed E-state index contributed by atoms with van der Waals surface area (Å²) in [5, 5.41) is 32.2. The number of aliphatic hydroxyl groups is 3. The molecule has 0 aromatic heterocycles. The summed E-state index contributed by atoms with van der Waals surface area (Å²) in [5.41, 5.74) is -1.29. The Morgan fingerprint density at radius 1 is 0.343 bits per heavy atom. The van der Waals surface area contributed by atoms with Crippen LogP contribution in [0.4, 0.5) is 0 Å². The van der Waals surface area contributed by atoms with Crippen LogP contribution >= 0.6 is 0 Å². The van der Waals surface area contributed by atoms with E-state index in [1.807, 2.05) is 364 Å². The van der Waals surface area contributed by atoms with E-state index >= 15 is 0 Å². The van der Waals surface area contributed by atoms with Crippen LogP contribution < -0.4 is 0 Å². The van der Waals surface area contributed by atoms with E-state index in [0.29, 0.717) is 36.2 Å². The summed E-state index contributed by atoms with van der Waals surface area (Å²) in [7, 11) is 122. The molecule has 6 rings (SSSR count). The Bertz CT molecular complexity index is 7270. The zero-order valence-corrected chi connectivity index (χ0v) is 131. The minimum absolute atomic E-state index is 0. The third-order valence-corrected chi connectivity index (χ3v) is 176. The first-order valence-electron chi connectivity index (χ1n) is 36.8. The molecule has 6 aliphatic rings. The van der Waals surface area contributed by atoms with Gasteiger partial charge in [0.1, 0.15) is 18.4 Å². The maximum atomic E-state index is 14.1. The molecule has 0 spiro atoms. The van der Waals surface area contributed by atoms with Crippen molar-refractivity contribution in [3.8, 4) is 0 Å². The number of hydrogen-bond donors (Lipinski definition) is 3. The lowest BCUT2D eigenvalue weighted by Gasteiger charge is -2.63. The van der Waals surface area contributed by atoms with Crippen molar-refractivity contribution in [2.24, 2.45) is 79.8 Å². The number of methoxy groups -OCH3 is 1. The standard InChI is InChI=1S/C29H54O5Si.C22H38O3.CH4.S37.S36/c1-9-27(6)17-24(33-20-32-8)28(7)23(19-34-35(10-2,11-3)12-4)14-16-29(21(5)26(27)31)15-13-22(18-30)25(28)29;1-6-16-9-11-22-10-8-15(13-23)18(22)21(16,5)17(24)12-20(4,7-2)19(25)14(22)3;;1-3-5-7-9-11-13-15-17-19-21-23-25-27-29-31-33-35-37-36-34-32-30-28-26-24-22-20-18-16-14-12-10-8-6-4-2;1-3-5-7-9-11-13-15-17-19-21-23-25-27-29-31-33-35-36-34-32-30-28-26-24-22-20-18-16-14-12-10-8-6-4-2/h21-25,30H,9-20H2,1-8H3;14-18,23-24H,6-13H2,1-5H3;1H4;;/t21-,22-,23-,24+,25?,27+,28-,29+;14-,15-,16+,17+,18?,20+,21-,22+;;;/m00.../s1. The van der Waals surface area contributed by atoms with Gasteiger partial charge in [0.15, 0.2) is 8.32 Å². The van der Waals surface area contributed by atoms with E-state index in [9.17, 15) is 24.9 Å². The fourth-order valence-electron chi connectivity index (χ4n) is 17.1. The summed E-state index contributed by atoms with van der Waals surface area (Å²) in [6, 6.07) is 3.46. The molecular formula is C52H96O8S73Si. The summed E-state index contributed by atoms with van der Waals surface area (Å²) >= 11 is 19.2. The van der Waals surface area contributed by atoms with Crippen molar-refractivity contribution in [3.05, 3.63) is 0 Å². The molecule has 16 atom stereocenters. The summed E-state index contributed by atoms with van der Waals surface area (Å²) in [6.07, 6.45) is 11.8. The Morgan fingerprint density at radius 2 is 0.567 bits per heavy atom. The molecule has 794 valence electrons. The molecule has 0 heterocycles. The molecule has 0 aromatic rings. The summed E-state index contributed by atoms with van der Waals surface area (Å²) in [5.74, 6) is 2.60. The molecule has 134 heavy (non-hydrogen) atoms. The maximum absolute atomic E-state index is 14.1. The van der Waals surface area contributed by atoms with Crippen molar-refractivity contribution in [1.82, 2.24) is 0 Å². The summed E-state index contributed by atoms with van der Waals surface area (Å²) in [4.78, 5) is 27.6. The van der Waals surface area contributed by atoms with Crippen LogP contribution in [0, 0.1) is 79.8 Å². The highest BCUT2D eigenvalue weighted by atomic mass is 33.5. The smallest absolute Gasteiger partial charge is 0.191 e. The molecule has 3 N–H and O–H groups in total. The molecule has 0 radical (unpaired) electrons. The Morgan fingerprint density at radius 3 is 0.784 bits per heavy atom. The van der Waals surface area contributed by atoms with Gasteiger partial charge in [0.2, 0.25) is 0 Å². The van der Waals surface area contributed by atoms with Gasteiger partial charge in [-0.1, -0.05) is 96.9 Å². The van der Waals surface area contributed by atoms with Gasteiger partial charge in [0.25, 0.3) is 0 Å². The van der Waals surface area contributed by atoms with E-state index in [0.717, 1.165) is 95.4 Å². The van der Waals surface area contributed by atoms with Gasteiger partial charge >= 0.3 is 0 Å². The molecule has 0 amide bonds. The van der Waals surface area contributed by atoms with Crippen LogP contribution in [0.25, 0.3) is 0 Å². The van der Waals surface area contributed by atoms with Crippen LogP contribution in [-0.2, 0) is 681 Å². The first kappa shape index (κ1) is 145. The summed E-state index contributed by atoms with van der Waals surface area (Å²) in [6.45, 7) is 28.1. The molecule has 6 aliphatic carbocycles. The molecule has 0 aliphatic heterocycles. The normalized spacial score (nSPS) is 25.1. The quantitative estimate of drug-likeness (QED) is 0.113. The van der Waals surface area contributed by atoms with E-state index in [1.54, 1.807) is 220 Å². The zero-order valence-electron chi connectivity index (χ0n) is 70.6. The van der Waals surface area contributed by atoms with Gasteiger partial charge in [-0.2, -0.15) is 0 Å². The van der Waals surface area contributed by atoms with Gasteiger partial charge in [-0.25, -0.2) is 0 Å². The van der Waals surface area contributed by atoms with Crippen molar-refractivity contribution in [2.75, 3.05) is 33.7 Å². The van der Waals surface area contributed by atoms with E-state index in [1.165, 1.54) is 35.5 Å². The average Bonchev–Trinajstić information content (AvgIpc) is 1.47. The molecule has 6 saturated carbocycles. The highest BCUT2D eigenvalue weighted by Crippen LogP contribution is 2.72. The van der Waals surface area contributed by atoms with Gasteiger partial charge in [0.05, 0.1) is 12.2 Å². The fourth-order valence-corrected chi connectivity index (χ4v) is 198. The van der Waals surface area contributed by atoms with Gasteiger partial charge in [-0.15, -0.1) is 0 Å². The average molecular weight is 3220 g/mol. The van der Waals surface area contributed by atoms with E-state index < -0.39 is 25.3 Å². The molecular weight excluding hydrogens is 3120 g/mol. The van der Waals surface area contributed by atoms with Gasteiger partial charge < -0.3 is 29.2 Å². The first-order chi connectivity index (χ1) is 64.6. The van der Waals surface area contributed by atoms with Crippen LogP contribution in [0.5, 0.6) is 0 Å². The predicted octanol–water partition coefficient (Wildman–Crippen LogP) is 11.1. The zero-order chi connectivity index (χ0) is 97.5. The molecule has 6 fully saturated rings. The third kappa shape index (κ3) is 57.0. The number of carbonyl (C=O) groups is 2. The highest BCUT2D eigenvalue weighted by molar-refractivity contribution is 8.84. The third-order valence-electron chi connectivity index (χ3n) is 22.8. The van der Waals surface area contributed by atoms with Crippen molar-refractivity contribution in [2.45, 2.75) is 204 Å². The van der Waals surface area contributed by atoms with Crippen molar-refractivity contribution in [1.29, 1.82) is 0 Å². The lowest BCUT2D eigenvalue weighted by Crippen LogP contribution is -2.63. The van der Waals surface area contributed by atoms with E-state index in [4.69, 9.17) is 58.7 Å². The Labute approximate surface area is 1010 Å². The molecule has 0 aromatic carbocycles. The number of rotatable bonds is 14. The Hall–Kier alpha value is 15.4. The molecule has 4 bridgehead atoms. The SMILES string of the molecule is C.CC[C@@H]1CC[C@@]23CC[C@@H](CO)C2[C@]1(C)[C@H](O)C[C@@](C)(CC)C(=O)[C@@H]3C.CC[C@]1(C)C[C@@H](OCOC)[C@@]2(C)C3[C@H](CO)CC[C@@]3(CC[C@H]2CO[Si](CC)(CC)CC)[C@@H](C)C1=O.S=S=S=S=S=S=S=S=S=S=S=S=S=S=S=S=S=S=S=S=S=S=S=S=S=S=S=S=S=S=S=S=S=S=S=S.S=S=S=S=S=S=S=S=S=S=S=S=S=S=S=S=S=S=S=S=S=S=S=S=S=S=S=S=S=S=S=S=S=S=S=S=S. The van der Waals surface area contributed by atoms with Crippen molar-refractivity contribution < 1.29 is 38.8 Å². The van der Waals surface area contributed by atoms with Gasteiger partial charge in [-0.3, -0.25) is 9.59 Å². The van der Waals surface area contributed by atoms with Crippen LogP contribution in [-0.4, -0.2) is 81.1 Å². The van der Waals surface area contributed by atoms with E-state index in [2.05, 4.69) is 83.1 Å². The van der Waals surface area contributed by atoms with Gasteiger partial charge in [0, 0.05) is 718 Å². The van der Waals surface area contributed by atoms with Crippen molar-refractivity contribution >= 4 is 677 Å². The maximum Gasteiger partial charge on any atom is 0.191 e. The number of carbonyl (C=O) groups excluding carboxylic acids is 2. The summed E-state index contributed by atoms with van der Waals surface area (Å²) < 4.78 is 19.0. The molecule has 82 heteroatoms. The Balaban J connectivity index is 0.000000607. The van der Waals surface area contributed by atoms with Crippen LogP contribution in [0.15, 0.2) is 0 Å². The monoisotopic (exact) mass is 3210 g/mol. The number of ether oxygens (including phenoxy) is 2. The lowest BCUT2D eigenvalue weighted by atomic mass is 9.42. The fraction of sp³-hybridized carbons (Fsp3) is 0.962. The second kappa shape index (κ2) is 93.8. The number of hydrogen-bond acceptors (Lipinski definition) is 12. The number of aliphatic hydroxyl groups excluding tert-OH is 3. The van der Waals surface area contributed by atoms with Crippen LogP contribution in [0.2, 0.25) is 18.1 Å². The predicted molar refractivity (Wildman–Crippen MR) is 788 cm³/mol. The second-order valence-corrected chi connectivity index (χ2v) is 154. The lowest BCUT2D eigenvalue weighted by molar-refractivity contribution is -0.220. The largest absolute Gasteiger partial charge is 0.417 e. The van der Waals surface area contributed by atoms with Crippen molar-refractivity contribution in [3.63, 3.8) is 0 Å². The Kier molecular flexibility index (Phi) is 102. The minimum atomic E-state index is -1.73. The highest BCUT2D eigenvalue weighted by Gasteiger charge is 2.70. The topological polar surface area (TPSA) is 123 Å². The number of Topliss-reactive ketones (excluding diaryl/α,β-unsaturated/α-hetero) is 2. The number of ketones is 2. The van der Waals surface area contributed by atoms with Crippen LogP contribution in [0.1, 0.15) is 174 Å².